The maximum absolute atomic E-state index is 13.4. The van der Waals surface area contributed by atoms with E-state index in [9.17, 15) is 19.6 Å². The molecule has 2 aliphatic heterocycles. The van der Waals surface area contributed by atoms with Gasteiger partial charge in [-0.05, 0) is 18.8 Å². The van der Waals surface area contributed by atoms with E-state index in [-0.39, 0.29) is 18.0 Å². The average Bonchev–Trinajstić information content (AvgIpc) is 2.89. The van der Waals surface area contributed by atoms with Crippen molar-refractivity contribution >= 4 is 18.0 Å². The molecule has 2 N–H and O–H groups in total. The maximum Gasteiger partial charge on any atom is 0.409 e. The molecule has 0 aromatic rings. The molecule has 2 saturated heterocycles. The van der Waals surface area contributed by atoms with Crippen molar-refractivity contribution in [3.8, 4) is 6.07 Å². The minimum absolute atomic E-state index is 0.264. The van der Waals surface area contributed by atoms with E-state index in [4.69, 9.17) is 9.47 Å². The third-order valence-corrected chi connectivity index (χ3v) is 7.38. The van der Waals surface area contributed by atoms with Crippen LogP contribution in [0.1, 0.15) is 71.1 Å². The first-order valence-corrected chi connectivity index (χ1v) is 13.2. The van der Waals surface area contributed by atoms with E-state index in [1.54, 1.807) is 9.80 Å². The van der Waals surface area contributed by atoms with Gasteiger partial charge in [0.1, 0.15) is 11.6 Å². The van der Waals surface area contributed by atoms with E-state index in [1.807, 2.05) is 6.92 Å². The smallest absolute Gasteiger partial charge is 0.409 e. The van der Waals surface area contributed by atoms with Crippen LogP contribution in [0.15, 0.2) is 0 Å². The molecule has 1 atom stereocenters. The maximum atomic E-state index is 13.4. The molecule has 1 unspecified atom stereocenters. The zero-order chi connectivity index (χ0) is 25.1. The van der Waals surface area contributed by atoms with Crippen molar-refractivity contribution in [2.75, 3.05) is 46.0 Å². The second kappa shape index (κ2) is 13.5. The fourth-order valence-electron chi connectivity index (χ4n) is 5.05. The molecule has 0 aromatic carbocycles. The van der Waals surface area contributed by atoms with Gasteiger partial charge in [0.05, 0.1) is 25.9 Å². The normalized spacial score (nSPS) is 21.5. The lowest BCUT2D eigenvalue weighted by molar-refractivity contribution is -0.125. The Morgan fingerprint density at radius 3 is 2.40 bits per heavy atom. The Hall–Kier alpha value is -2.54. The molecule has 0 spiro atoms. The van der Waals surface area contributed by atoms with Crippen LogP contribution in [0.3, 0.4) is 0 Å². The second-order valence-corrected chi connectivity index (χ2v) is 9.98. The fourth-order valence-corrected chi connectivity index (χ4v) is 5.05. The Morgan fingerprint density at radius 2 is 1.77 bits per heavy atom. The average molecular weight is 492 g/mol. The molecule has 10 heteroatoms. The molecule has 2 heterocycles. The minimum Gasteiger partial charge on any atom is -0.449 e. The molecule has 1 saturated carbocycles. The number of carbonyl (C=O) groups excluding carboxylic acids is 3. The Morgan fingerprint density at radius 1 is 1.09 bits per heavy atom. The number of hydrogen-bond acceptors (Lipinski definition) is 6. The van der Waals surface area contributed by atoms with Crippen LogP contribution in [-0.4, -0.2) is 85.4 Å². The number of hydrogen-bond donors (Lipinski definition) is 2. The van der Waals surface area contributed by atoms with Crippen LogP contribution in [-0.2, 0) is 14.3 Å². The molecule has 196 valence electrons. The molecular weight excluding hydrogens is 450 g/mol. The Bertz CT molecular complexity index is 750. The highest BCUT2D eigenvalue weighted by molar-refractivity contribution is 5.88. The third kappa shape index (κ3) is 7.99. The molecule has 1 aliphatic carbocycles. The highest BCUT2D eigenvalue weighted by Gasteiger charge is 2.40. The number of piperidine rings is 1. The van der Waals surface area contributed by atoms with Gasteiger partial charge in [-0.25, -0.2) is 9.59 Å². The van der Waals surface area contributed by atoms with Gasteiger partial charge in [0.2, 0.25) is 5.91 Å². The molecule has 35 heavy (non-hydrogen) atoms. The largest absolute Gasteiger partial charge is 0.449 e. The molecule has 4 amide bonds. The number of amides is 4. The van der Waals surface area contributed by atoms with Crippen molar-refractivity contribution < 1.29 is 23.9 Å². The van der Waals surface area contributed by atoms with Gasteiger partial charge in [-0.15, -0.1) is 0 Å². The van der Waals surface area contributed by atoms with Crippen LogP contribution in [0, 0.1) is 17.2 Å². The first-order chi connectivity index (χ1) is 17.0. The molecule has 3 rings (SSSR count). The van der Waals surface area contributed by atoms with Crippen molar-refractivity contribution in [2.45, 2.75) is 82.7 Å². The number of unbranched alkanes of at least 4 members (excludes halogenated alkanes) is 1. The number of nitrogens with one attached hydrogen (secondary N) is 2. The summed E-state index contributed by atoms with van der Waals surface area (Å²) in [6.07, 6.45) is 8.21. The highest BCUT2D eigenvalue weighted by atomic mass is 16.6. The van der Waals surface area contributed by atoms with Gasteiger partial charge in [0.25, 0.3) is 0 Å². The standard InChI is InChI=1S/C25H41N5O5/c1-2-3-15-35-24(33)30-11-9-25(19-26,10-12-30)28-22(31)21(18-20-7-5-4-6-8-20)27-23(32)29-13-16-34-17-14-29/h20-21H,2-18H2,1H3,(H,27,32)(H,28,31). The van der Waals surface area contributed by atoms with Crippen molar-refractivity contribution in [3.63, 3.8) is 0 Å². The van der Waals surface area contributed by atoms with Gasteiger partial charge in [-0.3, -0.25) is 4.79 Å². The first-order valence-electron chi connectivity index (χ1n) is 13.2. The van der Waals surface area contributed by atoms with Crippen molar-refractivity contribution in [1.82, 2.24) is 20.4 Å². The molecule has 3 fully saturated rings. The molecule has 10 nitrogen and oxygen atoms in total. The predicted molar refractivity (Wildman–Crippen MR) is 129 cm³/mol. The molecule has 3 aliphatic rings. The lowest BCUT2D eigenvalue weighted by Gasteiger charge is -2.38. The fraction of sp³-hybridized carbons (Fsp3) is 0.840. The van der Waals surface area contributed by atoms with E-state index >= 15 is 0 Å². The van der Waals surface area contributed by atoms with E-state index in [1.165, 1.54) is 6.42 Å². The summed E-state index contributed by atoms with van der Waals surface area (Å²) >= 11 is 0. The summed E-state index contributed by atoms with van der Waals surface area (Å²) in [5, 5.41) is 15.9. The van der Waals surface area contributed by atoms with Crippen LogP contribution in [0.2, 0.25) is 0 Å². The van der Waals surface area contributed by atoms with Crippen LogP contribution < -0.4 is 10.6 Å². The summed E-state index contributed by atoms with van der Waals surface area (Å²) in [6.45, 7) is 5.06. The van der Waals surface area contributed by atoms with Gasteiger partial charge in [0, 0.05) is 39.0 Å². The summed E-state index contributed by atoms with van der Waals surface area (Å²) in [7, 11) is 0. The van der Waals surface area contributed by atoms with Crippen LogP contribution in [0.4, 0.5) is 9.59 Å². The predicted octanol–water partition coefficient (Wildman–Crippen LogP) is 2.78. The lowest BCUT2D eigenvalue weighted by atomic mass is 9.84. The summed E-state index contributed by atoms with van der Waals surface area (Å²) in [5.41, 5.74) is -1.06. The molecule has 0 bridgehead atoms. The Balaban J connectivity index is 1.60. The van der Waals surface area contributed by atoms with Crippen LogP contribution in [0.5, 0.6) is 0 Å². The summed E-state index contributed by atoms with van der Waals surface area (Å²) in [6, 6.07) is 1.32. The van der Waals surface area contributed by atoms with E-state index in [0.717, 1.165) is 38.5 Å². The van der Waals surface area contributed by atoms with Crippen molar-refractivity contribution in [2.24, 2.45) is 5.92 Å². The summed E-state index contributed by atoms with van der Waals surface area (Å²) < 4.78 is 10.6. The van der Waals surface area contributed by atoms with Crippen LogP contribution in [0.25, 0.3) is 0 Å². The second-order valence-electron chi connectivity index (χ2n) is 9.98. The van der Waals surface area contributed by atoms with Gasteiger partial charge in [0.15, 0.2) is 0 Å². The van der Waals surface area contributed by atoms with Crippen LogP contribution >= 0.6 is 0 Å². The topological polar surface area (TPSA) is 124 Å². The first kappa shape index (κ1) is 27.1. The molecule has 0 radical (unpaired) electrons. The van der Waals surface area contributed by atoms with Gasteiger partial charge in [-0.1, -0.05) is 45.4 Å². The number of morpholine rings is 1. The minimum atomic E-state index is -1.06. The number of urea groups is 1. The zero-order valence-electron chi connectivity index (χ0n) is 21.1. The number of ether oxygens (including phenoxy) is 2. The number of likely N-dealkylation sites (tertiary alicyclic amines) is 1. The molecular formula is C25H41N5O5. The molecule has 0 aromatic heterocycles. The number of nitrogens with zero attached hydrogens (tertiary/aromatic N) is 3. The van der Waals surface area contributed by atoms with Gasteiger partial charge in [-0.2, -0.15) is 5.26 Å². The third-order valence-electron chi connectivity index (χ3n) is 7.38. The Labute approximate surface area is 208 Å². The highest BCUT2D eigenvalue weighted by Crippen LogP contribution is 2.28. The van der Waals surface area contributed by atoms with E-state index in [0.29, 0.717) is 71.2 Å². The summed E-state index contributed by atoms with van der Waals surface area (Å²) in [5.74, 6) is 0.0555. The van der Waals surface area contributed by atoms with Gasteiger partial charge >= 0.3 is 12.1 Å². The number of rotatable bonds is 8. The lowest BCUT2D eigenvalue weighted by Crippen LogP contribution is -2.60. The zero-order valence-corrected chi connectivity index (χ0v) is 21.1. The quantitative estimate of drug-likeness (QED) is 0.503. The van der Waals surface area contributed by atoms with Crippen molar-refractivity contribution in [1.29, 1.82) is 5.26 Å². The summed E-state index contributed by atoms with van der Waals surface area (Å²) in [4.78, 5) is 41.8. The number of nitriles is 1. The Kier molecular flexibility index (Phi) is 10.5. The van der Waals surface area contributed by atoms with E-state index < -0.39 is 11.6 Å². The van der Waals surface area contributed by atoms with Crippen molar-refractivity contribution in [3.05, 3.63) is 0 Å². The SMILES string of the molecule is CCCCOC(=O)N1CCC(C#N)(NC(=O)C(CC2CCCCC2)NC(=O)N2CCOCC2)CC1. The van der Waals surface area contributed by atoms with E-state index in [2.05, 4.69) is 16.7 Å². The van der Waals surface area contributed by atoms with Gasteiger partial charge < -0.3 is 29.9 Å². The monoisotopic (exact) mass is 491 g/mol. The number of carbonyl (C=O) groups is 3.